The molecule has 19 heavy (non-hydrogen) atoms. The monoisotopic (exact) mass is 336 g/mol. The summed E-state index contributed by atoms with van der Waals surface area (Å²) in [5.74, 6) is 0. The van der Waals surface area contributed by atoms with Crippen molar-refractivity contribution >= 4 is 27.7 Å². The molecule has 0 aliphatic heterocycles. The van der Waals surface area contributed by atoms with Gasteiger partial charge in [0.25, 0.3) is 0 Å². The number of nitrogens with one attached hydrogen (secondary N) is 1. The summed E-state index contributed by atoms with van der Waals surface area (Å²) in [4.78, 5) is 5.52. The van der Waals surface area contributed by atoms with E-state index in [1.54, 1.807) is 11.8 Å². The van der Waals surface area contributed by atoms with Crippen LogP contribution < -0.4 is 5.32 Å². The molecule has 0 saturated carbocycles. The largest absolute Gasteiger partial charge is 0.313 e. The van der Waals surface area contributed by atoms with Crippen LogP contribution in [-0.2, 0) is 6.54 Å². The van der Waals surface area contributed by atoms with E-state index in [9.17, 15) is 0 Å². The van der Waals surface area contributed by atoms with Crippen LogP contribution in [0.4, 0.5) is 0 Å². The smallest absolute Gasteiger partial charge is 0.101 e. The minimum Gasteiger partial charge on any atom is -0.313 e. The number of halogens is 1. The maximum absolute atomic E-state index is 4.32. The molecule has 0 atom stereocenters. The van der Waals surface area contributed by atoms with Crippen LogP contribution in [0.1, 0.15) is 18.9 Å². The first kappa shape index (κ1) is 14.6. The Balaban J connectivity index is 2.02. The van der Waals surface area contributed by atoms with Crippen LogP contribution in [0, 0.1) is 0 Å². The quantitative estimate of drug-likeness (QED) is 0.786. The fourth-order valence-electron chi connectivity index (χ4n) is 1.66. The van der Waals surface area contributed by atoms with Crippen LogP contribution in [-0.4, -0.2) is 11.5 Å². The lowest BCUT2D eigenvalue weighted by atomic mass is 10.2. The molecule has 4 heteroatoms. The summed E-state index contributed by atoms with van der Waals surface area (Å²) in [5, 5.41) is 4.43. The second kappa shape index (κ2) is 7.68. The fraction of sp³-hybridized carbons (Fsp3) is 0.267. The topological polar surface area (TPSA) is 24.9 Å². The molecule has 1 heterocycles. The number of hydrogen-bond donors (Lipinski definition) is 1. The average Bonchev–Trinajstić information content (AvgIpc) is 2.43. The summed E-state index contributed by atoms with van der Waals surface area (Å²) in [6.07, 6.45) is 2.98. The molecule has 0 aliphatic rings. The summed E-state index contributed by atoms with van der Waals surface area (Å²) in [6, 6.07) is 12.4. The van der Waals surface area contributed by atoms with Crippen LogP contribution in [0.5, 0.6) is 0 Å². The molecule has 0 unspecified atom stereocenters. The Morgan fingerprint density at radius 1 is 1.26 bits per heavy atom. The van der Waals surface area contributed by atoms with Crippen LogP contribution in [0.15, 0.2) is 57.0 Å². The first-order valence-electron chi connectivity index (χ1n) is 6.37. The molecular weight excluding hydrogens is 320 g/mol. The van der Waals surface area contributed by atoms with Gasteiger partial charge in [0.05, 0.1) is 0 Å². The molecule has 1 N–H and O–H groups in total. The van der Waals surface area contributed by atoms with Gasteiger partial charge in [-0.15, -0.1) is 0 Å². The summed E-state index contributed by atoms with van der Waals surface area (Å²) < 4.78 is 1.15. The third-order valence-corrected chi connectivity index (χ3v) is 4.31. The Hall–Kier alpha value is -0.840. The zero-order valence-corrected chi connectivity index (χ0v) is 13.3. The SMILES string of the molecule is CCCNCc1ccc(Sc2ccccn2)cc1Br. The van der Waals surface area contributed by atoms with Gasteiger partial charge < -0.3 is 5.32 Å². The lowest BCUT2D eigenvalue weighted by Crippen LogP contribution is -2.14. The van der Waals surface area contributed by atoms with Crippen molar-refractivity contribution in [1.82, 2.24) is 10.3 Å². The van der Waals surface area contributed by atoms with Gasteiger partial charge in [-0.25, -0.2) is 4.98 Å². The van der Waals surface area contributed by atoms with E-state index in [1.807, 2.05) is 24.4 Å². The summed E-state index contributed by atoms with van der Waals surface area (Å²) >= 11 is 5.32. The maximum atomic E-state index is 4.32. The van der Waals surface area contributed by atoms with E-state index >= 15 is 0 Å². The number of hydrogen-bond acceptors (Lipinski definition) is 3. The van der Waals surface area contributed by atoms with Crippen molar-refractivity contribution in [3.63, 3.8) is 0 Å². The molecule has 0 fully saturated rings. The number of benzene rings is 1. The van der Waals surface area contributed by atoms with Gasteiger partial charge in [-0.3, -0.25) is 0 Å². The van der Waals surface area contributed by atoms with Gasteiger partial charge >= 0.3 is 0 Å². The first-order chi connectivity index (χ1) is 9.29. The summed E-state index contributed by atoms with van der Waals surface area (Å²) in [5.41, 5.74) is 1.29. The standard InChI is InChI=1S/C15H17BrN2S/c1-2-8-17-11-12-6-7-13(10-14(12)16)19-15-5-3-4-9-18-15/h3-7,9-10,17H,2,8,11H2,1H3. The van der Waals surface area contributed by atoms with Crippen molar-refractivity contribution in [3.8, 4) is 0 Å². The first-order valence-corrected chi connectivity index (χ1v) is 7.98. The van der Waals surface area contributed by atoms with Crippen molar-refractivity contribution < 1.29 is 0 Å². The van der Waals surface area contributed by atoms with Crippen molar-refractivity contribution in [1.29, 1.82) is 0 Å². The highest BCUT2D eigenvalue weighted by Gasteiger charge is 2.03. The van der Waals surface area contributed by atoms with Crippen LogP contribution in [0.25, 0.3) is 0 Å². The van der Waals surface area contributed by atoms with Gasteiger partial charge in [-0.2, -0.15) is 0 Å². The number of nitrogens with zero attached hydrogens (tertiary/aromatic N) is 1. The molecule has 2 rings (SSSR count). The predicted molar refractivity (Wildman–Crippen MR) is 84.5 cm³/mol. The maximum Gasteiger partial charge on any atom is 0.101 e. The average molecular weight is 337 g/mol. The van der Waals surface area contributed by atoms with E-state index in [4.69, 9.17) is 0 Å². The second-order valence-corrected chi connectivity index (χ2v) is 6.15. The van der Waals surface area contributed by atoms with Crippen molar-refractivity contribution in [2.45, 2.75) is 29.8 Å². The van der Waals surface area contributed by atoms with E-state index in [0.717, 1.165) is 29.0 Å². The highest BCUT2D eigenvalue weighted by Crippen LogP contribution is 2.29. The molecule has 0 aliphatic carbocycles. The Kier molecular flexibility index (Phi) is 5.89. The van der Waals surface area contributed by atoms with Gasteiger partial charge in [-0.05, 0) is 42.8 Å². The van der Waals surface area contributed by atoms with Crippen LogP contribution in [0.3, 0.4) is 0 Å². The van der Waals surface area contributed by atoms with Gasteiger partial charge in [-0.1, -0.05) is 46.7 Å². The molecule has 0 amide bonds. The minimum atomic E-state index is 0.906. The van der Waals surface area contributed by atoms with E-state index in [-0.39, 0.29) is 0 Å². The van der Waals surface area contributed by atoms with E-state index in [2.05, 4.69) is 51.4 Å². The molecular formula is C15H17BrN2S. The third kappa shape index (κ3) is 4.64. The van der Waals surface area contributed by atoms with E-state index in [1.165, 1.54) is 10.5 Å². The summed E-state index contributed by atoms with van der Waals surface area (Å²) in [6.45, 7) is 4.13. The molecule has 0 saturated heterocycles. The van der Waals surface area contributed by atoms with Gasteiger partial charge in [0.1, 0.15) is 5.03 Å². The normalized spacial score (nSPS) is 10.6. The molecule has 2 nitrogen and oxygen atoms in total. The molecule has 1 aromatic heterocycles. The second-order valence-electron chi connectivity index (χ2n) is 4.20. The minimum absolute atomic E-state index is 0.906. The fourth-order valence-corrected chi connectivity index (χ4v) is 3.15. The van der Waals surface area contributed by atoms with E-state index in [0.29, 0.717) is 0 Å². The lowest BCUT2D eigenvalue weighted by molar-refractivity contribution is 0.673. The molecule has 2 aromatic rings. The Morgan fingerprint density at radius 3 is 2.84 bits per heavy atom. The van der Waals surface area contributed by atoms with Crippen LogP contribution in [0.2, 0.25) is 0 Å². The molecule has 0 spiro atoms. The van der Waals surface area contributed by atoms with Crippen LogP contribution >= 0.6 is 27.7 Å². The highest BCUT2D eigenvalue weighted by atomic mass is 79.9. The van der Waals surface area contributed by atoms with Crippen molar-refractivity contribution in [3.05, 3.63) is 52.6 Å². The Morgan fingerprint density at radius 2 is 2.16 bits per heavy atom. The number of pyridine rings is 1. The lowest BCUT2D eigenvalue weighted by Gasteiger charge is -2.08. The van der Waals surface area contributed by atoms with Gasteiger partial charge in [0, 0.05) is 22.1 Å². The van der Waals surface area contributed by atoms with Crippen molar-refractivity contribution in [2.75, 3.05) is 6.54 Å². The van der Waals surface area contributed by atoms with Crippen molar-refractivity contribution in [2.24, 2.45) is 0 Å². The van der Waals surface area contributed by atoms with Gasteiger partial charge in [0.2, 0.25) is 0 Å². The molecule has 1 aromatic carbocycles. The summed E-state index contributed by atoms with van der Waals surface area (Å²) in [7, 11) is 0. The Bertz CT molecular complexity index is 517. The Labute approximate surface area is 127 Å². The van der Waals surface area contributed by atoms with Gasteiger partial charge in [0.15, 0.2) is 0 Å². The molecule has 100 valence electrons. The zero-order valence-electron chi connectivity index (χ0n) is 10.9. The van der Waals surface area contributed by atoms with E-state index < -0.39 is 0 Å². The third-order valence-electron chi connectivity index (χ3n) is 2.63. The molecule has 0 bridgehead atoms. The number of rotatable bonds is 6. The number of aromatic nitrogens is 1. The molecule has 0 radical (unpaired) electrons. The highest BCUT2D eigenvalue weighted by molar-refractivity contribution is 9.10. The zero-order chi connectivity index (χ0) is 13.5. The predicted octanol–water partition coefficient (Wildman–Crippen LogP) is 4.49.